The molecule has 2 heterocycles. The van der Waals surface area contributed by atoms with Gasteiger partial charge in [-0.1, -0.05) is 36.4 Å². The van der Waals surface area contributed by atoms with Crippen molar-refractivity contribution in [3.05, 3.63) is 65.5 Å². The molecule has 6 aliphatic rings. The number of likely N-dealkylation sites (tertiary alicyclic amines) is 1. The molecule has 0 radical (unpaired) electrons. The van der Waals surface area contributed by atoms with E-state index >= 15 is 0 Å². The number of nitrogens with one attached hydrogen (secondary N) is 1. The van der Waals surface area contributed by atoms with E-state index in [1.54, 1.807) is 6.07 Å². The van der Waals surface area contributed by atoms with Crippen molar-refractivity contribution in [2.45, 2.75) is 83.9 Å². The highest BCUT2D eigenvalue weighted by Crippen LogP contribution is 2.61. The van der Waals surface area contributed by atoms with Gasteiger partial charge in [-0.25, -0.2) is 9.18 Å². The summed E-state index contributed by atoms with van der Waals surface area (Å²) >= 11 is 0. The van der Waals surface area contributed by atoms with Crippen LogP contribution in [-0.4, -0.2) is 85.2 Å². The third kappa shape index (κ3) is 8.25. The van der Waals surface area contributed by atoms with Gasteiger partial charge in [0, 0.05) is 38.3 Å². The number of piperidine rings is 1. The van der Waals surface area contributed by atoms with Crippen LogP contribution >= 0.6 is 0 Å². The SMILES string of the molecule is CCOc1cccc(F)c1CN1CCN(C(=O)[C@H](NC(=O)OCc2ccccc2)C2CCN(CCC34CC5CC(CC(C5)C3)C4)CC2)CC1. The summed E-state index contributed by atoms with van der Waals surface area (Å²) in [5, 5.41) is 3.02. The average Bonchev–Trinajstić information content (AvgIpc) is 3.11. The molecule has 266 valence electrons. The van der Waals surface area contributed by atoms with E-state index in [1.807, 2.05) is 48.2 Å². The number of carbonyl (C=O) groups is 2. The van der Waals surface area contributed by atoms with Gasteiger partial charge in [0.25, 0.3) is 0 Å². The van der Waals surface area contributed by atoms with E-state index in [0.29, 0.717) is 56.1 Å². The van der Waals surface area contributed by atoms with Crippen LogP contribution in [0.3, 0.4) is 0 Å². The summed E-state index contributed by atoms with van der Waals surface area (Å²) in [5.74, 6) is 3.25. The number of halogens is 1. The van der Waals surface area contributed by atoms with Gasteiger partial charge < -0.3 is 24.6 Å². The summed E-state index contributed by atoms with van der Waals surface area (Å²) in [4.78, 5) is 34.0. The zero-order valence-electron chi connectivity index (χ0n) is 29.3. The predicted octanol–water partition coefficient (Wildman–Crippen LogP) is 6.48. The van der Waals surface area contributed by atoms with Crippen LogP contribution in [0.5, 0.6) is 5.75 Å². The zero-order chi connectivity index (χ0) is 33.8. The molecule has 4 aliphatic carbocycles. The molecule has 1 atom stereocenters. The molecule has 2 aromatic carbocycles. The molecular weight excluding hydrogens is 619 g/mol. The summed E-state index contributed by atoms with van der Waals surface area (Å²) in [6, 6.07) is 13.9. The van der Waals surface area contributed by atoms with Crippen molar-refractivity contribution in [1.82, 2.24) is 20.0 Å². The van der Waals surface area contributed by atoms with Crippen LogP contribution in [-0.2, 0) is 22.7 Å². The summed E-state index contributed by atoms with van der Waals surface area (Å²) in [7, 11) is 0. The van der Waals surface area contributed by atoms with E-state index in [4.69, 9.17) is 9.47 Å². The van der Waals surface area contributed by atoms with Crippen molar-refractivity contribution < 1.29 is 23.5 Å². The Labute approximate surface area is 291 Å². The van der Waals surface area contributed by atoms with E-state index in [2.05, 4.69) is 15.1 Å². The van der Waals surface area contributed by atoms with Gasteiger partial charge in [-0.3, -0.25) is 9.69 Å². The Hall–Kier alpha value is -3.17. The van der Waals surface area contributed by atoms with Gasteiger partial charge in [0.1, 0.15) is 24.2 Å². The number of ether oxygens (including phenoxy) is 2. The fraction of sp³-hybridized carbons (Fsp3) is 0.650. The lowest BCUT2D eigenvalue weighted by molar-refractivity contribution is -0.137. The van der Waals surface area contributed by atoms with Crippen LogP contribution in [0.1, 0.15) is 75.8 Å². The molecule has 6 fully saturated rings. The molecule has 2 aliphatic heterocycles. The molecule has 9 heteroatoms. The number of rotatable bonds is 12. The Morgan fingerprint density at radius 3 is 2.20 bits per heavy atom. The normalized spacial score (nSPS) is 28.0. The van der Waals surface area contributed by atoms with E-state index in [-0.39, 0.29) is 24.2 Å². The summed E-state index contributed by atoms with van der Waals surface area (Å²) < 4.78 is 26.0. The third-order valence-electron chi connectivity index (χ3n) is 12.4. The number of hydrogen-bond acceptors (Lipinski definition) is 6. The second-order valence-corrected chi connectivity index (χ2v) is 15.8. The average molecular weight is 675 g/mol. The van der Waals surface area contributed by atoms with Crippen LogP contribution in [0, 0.1) is 34.9 Å². The molecular formula is C40H55FN4O4. The van der Waals surface area contributed by atoms with Crippen LogP contribution < -0.4 is 10.1 Å². The summed E-state index contributed by atoms with van der Waals surface area (Å²) in [5.41, 5.74) is 2.04. The number of benzene rings is 2. The molecule has 49 heavy (non-hydrogen) atoms. The first-order valence-electron chi connectivity index (χ1n) is 19.0. The fourth-order valence-corrected chi connectivity index (χ4v) is 10.3. The van der Waals surface area contributed by atoms with Crippen molar-refractivity contribution in [1.29, 1.82) is 0 Å². The maximum Gasteiger partial charge on any atom is 0.408 e. The topological polar surface area (TPSA) is 74.3 Å². The van der Waals surface area contributed by atoms with Crippen LogP contribution in [0.2, 0.25) is 0 Å². The first-order chi connectivity index (χ1) is 23.9. The quantitative estimate of drug-likeness (QED) is 0.278. The minimum Gasteiger partial charge on any atom is -0.493 e. The van der Waals surface area contributed by atoms with E-state index in [0.717, 1.165) is 55.8 Å². The van der Waals surface area contributed by atoms with Gasteiger partial charge in [-0.05, 0) is 131 Å². The maximum absolute atomic E-state index is 14.8. The summed E-state index contributed by atoms with van der Waals surface area (Å²) in [6.07, 6.45) is 11.3. The fourth-order valence-electron chi connectivity index (χ4n) is 10.3. The number of nitrogens with zero attached hydrogens (tertiary/aromatic N) is 3. The Bertz CT molecular complexity index is 1390. The second kappa shape index (κ2) is 15.4. The first-order valence-corrected chi connectivity index (χ1v) is 19.0. The molecule has 2 saturated heterocycles. The van der Waals surface area contributed by atoms with E-state index in [9.17, 15) is 14.0 Å². The van der Waals surface area contributed by atoms with E-state index in [1.165, 1.54) is 51.0 Å². The number of hydrogen-bond donors (Lipinski definition) is 1. The molecule has 0 unspecified atom stereocenters. The molecule has 1 N–H and O–H groups in total. The van der Waals surface area contributed by atoms with E-state index < -0.39 is 12.1 Å². The lowest BCUT2D eigenvalue weighted by Crippen LogP contribution is -2.58. The minimum atomic E-state index is -0.628. The predicted molar refractivity (Wildman–Crippen MR) is 187 cm³/mol. The van der Waals surface area contributed by atoms with Crippen molar-refractivity contribution in [3.63, 3.8) is 0 Å². The highest BCUT2D eigenvalue weighted by molar-refractivity contribution is 5.86. The Morgan fingerprint density at radius 2 is 1.55 bits per heavy atom. The van der Waals surface area contributed by atoms with Gasteiger partial charge in [0.2, 0.25) is 5.91 Å². The number of piperazine rings is 1. The van der Waals surface area contributed by atoms with Crippen LogP contribution in [0.15, 0.2) is 48.5 Å². The smallest absolute Gasteiger partial charge is 0.408 e. The number of amides is 2. The lowest BCUT2D eigenvalue weighted by Gasteiger charge is -2.57. The number of carbonyl (C=O) groups excluding carboxylic acids is 2. The third-order valence-corrected chi connectivity index (χ3v) is 12.4. The van der Waals surface area contributed by atoms with Crippen molar-refractivity contribution >= 4 is 12.0 Å². The van der Waals surface area contributed by atoms with Gasteiger partial charge in [0.15, 0.2) is 0 Å². The van der Waals surface area contributed by atoms with Crippen LogP contribution in [0.25, 0.3) is 0 Å². The molecule has 2 aromatic rings. The Balaban J connectivity index is 0.952. The highest BCUT2D eigenvalue weighted by atomic mass is 19.1. The standard InChI is InChI=1S/C40H55FN4O4/c1-2-48-36-10-6-9-35(41)34(36)27-44-17-19-45(20-18-44)38(46)37(42-39(47)49-28-29-7-4-3-5-8-29)33-11-14-43(15-12-33)16-13-40-24-30-21-31(25-40)23-32(22-30)26-40/h3-10,30-33,37H,2,11-28H2,1H3,(H,42,47)/t30?,31?,32?,37-,40?/m1/s1. The highest BCUT2D eigenvalue weighted by Gasteiger charge is 2.50. The molecule has 4 saturated carbocycles. The lowest BCUT2D eigenvalue weighted by atomic mass is 9.49. The van der Waals surface area contributed by atoms with Gasteiger partial charge in [0.05, 0.1) is 6.61 Å². The maximum atomic E-state index is 14.8. The molecule has 0 spiro atoms. The van der Waals surface area contributed by atoms with Gasteiger partial charge >= 0.3 is 6.09 Å². The van der Waals surface area contributed by atoms with Gasteiger partial charge in [-0.15, -0.1) is 0 Å². The second-order valence-electron chi connectivity index (χ2n) is 15.8. The first kappa shape index (κ1) is 34.3. The van der Waals surface area contributed by atoms with Crippen molar-refractivity contribution in [2.24, 2.45) is 29.1 Å². The molecule has 0 aromatic heterocycles. The summed E-state index contributed by atoms with van der Waals surface area (Å²) in [6.45, 7) is 8.33. The number of alkyl carbamates (subject to hydrolysis) is 1. The monoisotopic (exact) mass is 674 g/mol. The molecule has 4 bridgehead atoms. The van der Waals surface area contributed by atoms with Crippen molar-refractivity contribution in [2.75, 3.05) is 52.4 Å². The Morgan fingerprint density at radius 1 is 0.878 bits per heavy atom. The van der Waals surface area contributed by atoms with Crippen LogP contribution in [0.4, 0.5) is 9.18 Å². The van der Waals surface area contributed by atoms with Gasteiger partial charge in [-0.2, -0.15) is 0 Å². The molecule has 2 amide bonds. The minimum absolute atomic E-state index is 0.0378. The largest absolute Gasteiger partial charge is 0.493 e. The molecule has 8 rings (SSSR count). The molecule has 8 nitrogen and oxygen atoms in total. The zero-order valence-corrected chi connectivity index (χ0v) is 29.3. The Kier molecular flexibility index (Phi) is 10.8. The van der Waals surface area contributed by atoms with Crippen molar-refractivity contribution in [3.8, 4) is 5.75 Å².